The molecule has 1 amide bonds. The third kappa shape index (κ3) is 5.38. The number of sulfonamides is 1. The van der Waals surface area contributed by atoms with Gasteiger partial charge in [-0.25, -0.2) is 13.8 Å². The quantitative estimate of drug-likeness (QED) is 0.446. The Balaban J connectivity index is 2.05. The molecule has 2 rings (SSSR count). The normalized spacial score (nSPS) is 11.3. The number of benzene rings is 2. The van der Waals surface area contributed by atoms with Crippen LogP contribution in [0.1, 0.15) is 5.56 Å². The van der Waals surface area contributed by atoms with Gasteiger partial charge in [-0.15, -0.1) is 0 Å². The lowest BCUT2D eigenvalue weighted by molar-refractivity contribution is -0.384. The van der Waals surface area contributed by atoms with Crippen LogP contribution in [0, 0.1) is 10.1 Å². The standard InChI is InChI=1S/C16H16N4O5S/c1-26(24,25)19(14-7-3-2-4-8-14)12-16(21)18-17-11-13-6-5-9-15(10-13)20(22)23/h2-11H,12H2,1H3,(H,18,21)/b17-11-. The molecule has 0 spiro atoms. The van der Waals surface area contributed by atoms with Crippen molar-refractivity contribution in [2.24, 2.45) is 5.10 Å². The molecule has 2 aromatic carbocycles. The molecule has 1 N–H and O–H groups in total. The van der Waals surface area contributed by atoms with E-state index in [2.05, 4.69) is 10.5 Å². The second kappa shape index (κ2) is 8.21. The molecule has 0 atom stereocenters. The number of hydrogen-bond donors (Lipinski definition) is 1. The van der Waals surface area contributed by atoms with E-state index in [0.29, 0.717) is 11.3 Å². The number of nitrogens with one attached hydrogen (secondary N) is 1. The Kier molecular flexibility index (Phi) is 6.02. The van der Waals surface area contributed by atoms with Crippen molar-refractivity contribution in [1.29, 1.82) is 0 Å². The highest BCUT2D eigenvalue weighted by atomic mass is 32.2. The number of nitro groups is 1. The van der Waals surface area contributed by atoms with Crippen molar-refractivity contribution in [3.8, 4) is 0 Å². The van der Waals surface area contributed by atoms with Gasteiger partial charge in [0.05, 0.1) is 23.1 Å². The number of para-hydroxylation sites is 1. The topological polar surface area (TPSA) is 122 Å². The minimum atomic E-state index is -3.66. The van der Waals surface area contributed by atoms with Gasteiger partial charge in [0.2, 0.25) is 10.0 Å². The molecule has 0 aliphatic heterocycles. The van der Waals surface area contributed by atoms with Crippen LogP contribution in [0.15, 0.2) is 59.7 Å². The number of rotatable bonds is 7. The lowest BCUT2D eigenvalue weighted by Gasteiger charge is -2.21. The summed E-state index contributed by atoms with van der Waals surface area (Å²) in [5.74, 6) is -0.652. The number of hydrogen-bond acceptors (Lipinski definition) is 6. The fraction of sp³-hybridized carbons (Fsp3) is 0.125. The molecule has 0 heterocycles. The van der Waals surface area contributed by atoms with Crippen LogP contribution in [0.25, 0.3) is 0 Å². The van der Waals surface area contributed by atoms with E-state index in [1.807, 2.05) is 0 Å². The number of anilines is 1. The Morgan fingerprint density at radius 1 is 1.23 bits per heavy atom. The maximum Gasteiger partial charge on any atom is 0.270 e. The zero-order chi connectivity index (χ0) is 19.2. The molecule has 2 aromatic rings. The van der Waals surface area contributed by atoms with Gasteiger partial charge in [-0.05, 0) is 12.1 Å². The van der Waals surface area contributed by atoms with Gasteiger partial charge in [0.25, 0.3) is 11.6 Å². The molecule has 0 saturated heterocycles. The zero-order valence-corrected chi connectivity index (χ0v) is 14.6. The van der Waals surface area contributed by atoms with Crippen molar-refractivity contribution in [3.63, 3.8) is 0 Å². The van der Waals surface area contributed by atoms with Crippen molar-refractivity contribution in [1.82, 2.24) is 5.43 Å². The average Bonchev–Trinajstić information content (AvgIpc) is 2.59. The molecule has 0 aromatic heterocycles. The summed E-state index contributed by atoms with van der Waals surface area (Å²) in [6.45, 7) is -0.449. The van der Waals surface area contributed by atoms with E-state index in [4.69, 9.17) is 0 Å². The predicted octanol–water partition coefficient (Wildman–Crippen LogP) is 1.51. The van der Waals surface area contributed by atoms with E-state index in [-0.39, 0.29) is 5.69 Å². The number of amides is 1. The molecular formula is C16H16N4O5S. The first kappa shape index (κ1) is 19.1. The maximum atomic E-state index is 12.0. The molecule has 0 unspecified atom stereocenters. The van der Waals surface area contributed by atoms with Gasteiger partial charge in [-0.2, -0.15) is 5.10 Å². The largest absolute Gasteiger partial charge is 0.271 e. The van der Waals surface area contributed by atoms with E-state index in [0.717, 1.165) is 10.6 Å². The van der Waals surface area contributed by atoms with Crippen LogP contribution in [0.4, 0.5) is 11.4 Å². The first-order chi connectivity index (χ1) is 12.3. The SMILES string of the molecule is CS(=O)(=O)N(CC(=O)N/N=C\c1cccc([N+](=O)[O-])c1)c1ccccc1. The van der Waals surface area contributed by atoms with Crippen molar-refractivity contribution in [2.45, 2.75) is 0 Å². The summed E-state index contributed by atoms with van der Waals surface area (Å²) < 4.78 is 24.8. The molecule has 9 nitrogen and oxygen atoms in total. The van der Waals surface area contributed by atoms with E-state index in [1.165, 1.54) is 24.4 Å². The van der Waals surface area contributed by atoms with Crippen LogP contribution < -0.4 is 9.73 Å². The fourth-order valence-electron chi connectivity index (χ4n) is 2.06. The molecule has 0 bridgehead atoms. The Morgan fingerprint density at radius 2 is 1.92 bits per heavy atom. The molecule has 0 aliphatic rings. The molecule has 136 valence electrons. The highest BCUT2D eigenvalue weighted by Gasteiger charge is 2.20. The van der Waals surface area contributed by atoms with Gasteiger partial charge >= 0.3 is 0 Å². The van der Waals surface area contributed by atoms with E-state index >= 15 is 0 Å². The third-order valence-electron chi connectivity index (χ3n) is 3.22. The van der Waals surface area contributed by atoms with Gasteiger partial charge < -0.3 is 0 Å². The summed E-state index contributed by atoms with van der Waals surface area (Å²) in [4.78, 5) is 22.2. The highest BCUT2D eigenvalue weighted by Crippen LogP contribution is 2.16. The number of hydrazone groups is 1. The summed E-state index contributed by atoms with van der Waals surface area (Å²) in [7, 11) is -3.66. The van der Waals surface area contributed by atoms with Gasteiger partial charge in [0, 0.05) is 17.7 Å². The molecule has 0 saturated carbocycles. The van der Waals surface area contributed by atoms with Crippen LogP contribution in [0.2, 0.25) is 0 Å². The minimum absolute atomic E-state index is 0.104. The van der Waals surface area contributed by atoms with Gasteiger partial charge in [0.1, 0.15) is 6.54 Å². The second-order valence-electron chi connectivity index (χ2n) is 5.25. The molecule has 0 fully saturated rings. The average molecular weight is 376 g/mol. The van der Waals surface area contributed by atoms with Crippen LogP contribution in [0.3, 0.4) is 0 Å². The smallest absolute Gasteiger partial charge is 0.270 e. The second-order valence-corrected chi connectivity index (χ2v) is 7.16. The number of nitrogens with zero attached hydrogens (tertiary/aromatic N) is 3. The predicted molar refractivity (Wildman–Crippen MR) is 97.5 cm³/mol. The van der Waals surface area contributed by atoms with E-state index in [9.17, 15) is 23.3 Å². The van der Waals surface area contributed by atoms with Gasteiger partial charge in [0.15, 0.2) is 0 Å². The zero-order valence-electron chi connectivity index (χ0n) is 13.8. The lowest BCUT2D eigenvalue weighted by atomic mass is 10.2. The van der Waals surface area contributed by atoms with Crippen molar-refractivity contribution in [2.75, 3.05) is 17.1 Å². The minimum Gasteiger partial charge on any atom is -0.271 e. The fourth-order valence-corrected chi connectivity index (χ4v) is 2.91. The van der Waals surface area contributed by atoms with Gasteiger partial charge in [-0.1, -0.05) is 30.3 Å². The van der Waals surface area contributed by atoms with Crippen molar-refractivity contribution < 1.29 is 18.1 Å². The molecule has 26 heavy (non-hydrogen) atoms. The number of nitro benzene ring substituents is 1. The molecule has 0 aliphatic carbocycles. The Morgan fingerprint density at radius 3 is 2.54 bits per heavy atom. The summed E-state index contributed by atoms with van der Waals surface area (Å²) >= 11 is 0. The summed E-state index contributed by atoms with van der Waals surface area (Å²) in [6, 6.07) is 13.9. The third-order valence-corrected chi connectivity index (χ3v) is 4.36. The Bertz CT molecular complexity index is 929. The van der Waals surface area contributed by atoms with Crippen molar-refractivity contribution in [3.05, 3.63) is 70.3 Å². The van der Waals surface area contributed by atoms with Crippen LogP contribution in [0.5, 0.6) is 0 Å². The number of carbonyl (C=O) groups is 1. The van der Waals surface area contributed by atoms with Gasteiger partial charge in [-0.3, -0.25) is 19.2 Å². The summed E-state index contributed by atoms with van der Waals surface area (Å²) in [5.41, 5.74) is 2.88. The maximum absolute atomic E-state index is 12.0. The van der Waals surface area contributed by atoms with Crippen LogP contribution >= 0.6 is 0 Å². The first-order valence-corrected chi connectivity index (χ1v) is 9.21. The van der Waals surface area contributed by atoms with E-state index < -0.39 is 27.4 Å². The first-order valence-electron chi connectivity index (χ1n) is 7.36. The Hall–Kier alpha value is -3.27. The van der Waals surface area contributed by atoms with E-state index in [1.54, 1.807) is 36.4 Å². The number of carbonyl (C=O) groups excluding carboxylic acids is 1. The Labute approximate surface area is 150 Å². The highest BCUT2D eigenvalue weighted by molar-refractivity contribution is 7.92. The number of non-ortho nitro benzene ring substituents is 1. The van der Waals surface area contributed by atoms with Crippen LogP contribution in [-0.2, 0) is 14.8 Å². The lowest BCUT2D eigenvalue weighted by Crippen LogP contribution is -2.38. The molecular weight excluding hydrogens is 360 g/mol. The van der Waals surface area contributed by atoms with Crippen molar-refractivity contribution >= 4 is 33.5 Å². The summed E-state index contributed by atoms with van der Waals surface area (Å²) in [5, 5.41) is 14.4. The van der Waals surface area contributed by atoms with Crippen LogP contribution in [-0.4, -0.2) is 38.3 Å². The summed E-state index contributed by atoms with van der Waals surface area (Å²) in [6.07, 6.45) is 2.23. The molecule has 10 heteroatoms. The monoisotopic (exact) mass is 376 g/mol. The molecule has 0 radical (unpaired) electrons.